The van der Waals surface area contributed by atoms with Crippen LogP contribution in [0.5, 0.6) is 11.5 Å². The fraction of sp³-hybridized carbons (Fsp3) is 0.263. The molecule has 308 valence electrons. The molecule has 3 aliphatic rings. The molecule has 0 aliphatic carbocycles. The Labute approximate surface area is 367 Å². The van der Waals surface area contributed by atoms with Gasteiger partial charge in [0.25, 0.3) is 0 Å². The second-order valence-electron chi connectivity index (χ2n) is 21.3. The van der Waals surface area contributed by atoms with E-state index in [2.05, 4.69) is 224 Å². The Balaban J connectivity index is 1.31. The summed E-state index contributed by atoms with van der Waals surface area (Å²) in [6, 6.07) is 50.9. The average molecular weight is 810 g/mol. The molecule has 7 aromatic carbocycles. The largest absolute Gasteiger partial charge is 0.453 e. The summed E-state index contributed by atoms with van der Waals surface area (Å²) >= 11 is 0. The summed E-state index contributed by atoms with van der Waals surface area (Å²) in [5.41, 5.74) is 19.6. The predicted molar refractivity (Wildman–Crippen MR) is 265 cm³/mol. The third-order valence-electron chi connectivity index (χ3n) is 13.8. The molecule has 0 amide bonds. The van der Waals surface area contributed by atoms with Gasteiger partial charge in [0.05, 0.1) is 22.4 Å². The van der Waals surface area contributed by atoms with Gasteiger partial charge in [-0.05, 0) is 134 Å². The normalized spacial score (nSPS) is 14.2. The van der Waals surface area contributed by atoms with Gasteiger partial charge in [-0.3, -0.25) is 0 Å². The van der Waals surface area contributed by atoms with Crippen molar-refractivity contribution in [3.63, 3.8) is 0 Å². The van der Waals surface area contributed by atoms with Gasteiger partial charge < -0.3 is 19.0 Å². The van der Waals surface area contributed by atoms with E-state index in [-0.39, 0.29) is 23.1 Å². The van der Waals surface area contributed by atoms with Crippen LogP contribution in [0.1, 0.15) is 104 Å². The zero-order chi connectivity index (χ0) is 43.2. The topological polar surface area (TPSA) is 20.6 Å². The van der Waals surface area contributed by atoms with E-state index in [1.807, 2.05) is 0 Å². The summed E-state index contributed by atoms with van der Waals surface area (Å²) < 4.78 is 9.62. The fourth-order valence-electron chi connectivity index (χ4n) is 10.3. The summed E-state index contributed by atoms with van der Waals surface area (Å²) in [5, 5.41) is 2.49. The van der Waals surface area contributed by atoms with E-state index < -0.39 is 0 Å². The number of nitrogens with zero attached hydrogens (tertiary/aromatic N) is 3. The number of para-hydroxylation sites is 2. The van der Waals surface area contributed by atoms with Crippen molar-refractivity contribution in [2.45, 2.75) is 98.3 Å². The maximum Gasteiger partial charge on any atom is 0.333 e. The first kappa shape index (κ1) is 38.7. The molecule has 4 heterocycles. The van der Waals surface area contributed by atoms with Crippen molar-refractivity contribution in [1.29, 1.82) is 0 Å². The Kier molecular flexibility index (Phi) is 8.22. The molecule has 0 atom stereocenters. The molecule has 0 radical (unpaired) electrons. The zero-order valence-electron chi connectivity index (χ0n) is 38.1. The predicted octanol–water partition coefficient (Wildman–Crippen LogP) is 14.6. The number of hydrogen-bond donors (Lipinski definition) is 0. The van der Waals surface area contributed by atoms with Crippen LogP contribution in [0.15, 0.2) is 133 Å². The number of anilines is 5. The number of hydrogen-bond acceptors (Lipinski definition) is 3. The first-order chi connectivity index (χ1) is 29.5. The molecule has 11 rings (SSSR count). The molecule has 0 saturated heterocycles. The van der Waals surface area contributed by atoms with Gasteiger partial charge in [-0.25, -0.2) is 0 Å². The number of rotatable bonds is 3. The van der Waals surface area contributed by atoms with Gasteiger partial charge in [-0.15, -0.1) is 0 Å². The van der Waals surface area contributed by atoms with E-state index in [0.29, 0.717) is 5.92 Å². The molecule has 0 spiro atoms. The van der Waals surface area contributed by atoms with E-state index >= 15 is 0 Å². The number of fused-ring (bicyclic) bond motifs is 9. The van der Waals surface area contributed by atoms with E-state index in [4.69, 9.17) is 4.74 Å². The minimum Gasteiger partial charge on any atom is -0.453 e. The molecular formula is C57H56BN3O. The van der Waals surface area contributed by atoms with Crippen LogP contribution in [0.2, 0.25) is 0 Å². The molecule has 1 aromatic heterocycles. The van der Waals surface area contributed by atoms with E-state index in [1.165, 1.54) is 77.5 Å². The fourth-order valence-corrected chi connectivity index (χ4v) is 10.3. The summed E-state index contributed by atoms with van der Waals surface area (Å²) in [6.45, 7) is 25.2. The minimum absolute atomic E-state index is 0.0340. The highest BCUT2D eigenvalue weighted by Gasteiger charge is 2.49. The molecular weight excluding hydrogens is 753 g/mol. The first-order valence-corrected chi connectivity index (χ1v) is 22.5. The molecule has 0 unspecified atom stereocenters. The van der Waals surface area contributed by atoms with Gasteiger partial charge in [0, 0.05) is 39.1 Å². The summed E-state index contributed by atoms with van der Waals surface area (Å²) in [7, 11) is 0. The van der Waals surface area contributed by atoms with Crippen molar-refractivity contribution in [3.05, 3.63) is 156 Å². The van der Waals surface area contributed by atoms with Crippen LogP contribution in [0, 0.1) is 0 Å². The summed E-state index contributed by atoms with van der Waals surface area (Å²) in [6.07, 6.45) is 0. The van der Waals surface area contributed by atoms with Gasteiger partial charge in [-0.2, -0.15) is 0 Å². The minimum atomic E-state index is -0.139. The molecule has 0 N–H and O–H groups in total. The quantitative estimate of drug-likeness (QED) is 0.166. The van der Waals surface area contributed by atoms with Gasteiger partial charge in [-0.1, -0.05) is 137 Å². The Morgan fingerprint density at radius 1 is 0.500 bits per heavy atom. The maximum atomic E-state index is 7.15. The maximum absolute atomic E-state index is 7.15. The van der Waals surface area contributed by atoms with Crippen molar-refractivity contribution < 1.29 is 4.74 Å². The lowest BCUT2D eigenvalue weighted by Gasteiger charge is -2.48. The van der Waals surface area contributed by atoms with E-state index in [1.54, 1.807) is 0 Å². The Bertz CT molecular complexity index is 3140. The lowest BCUT2D eigenvalue weighted by molar-refractivity contribution is 0.473. The zero-order valence-corrected chi connectivity index (χ0v) is 38.1. The van der Waals surface area contributed by atoms with Crippen molar-refractivity contribution >= 4 is 68.0 Å². The number of ether oxygens (including phenoxy) is 1. The third-order valence-corrected chi connectivity index (χ3v) is 13.8. The third kappa shape index (κ3) is 5.73. The van der Waals surface area contributed by atoms with Crippen LogP contribution in [0.25, 0.3) is 38.6 Å². The van der Waals surface area contributed by atoms with Crippen LogP contribution in [-0.4, -0.2) is 11.4 Å². The standard InChI is InChI=1S/C57H56BN3O/c1-34(2)35-27-44-43-29-38(57(9,10)11)30-50-53(43)58(61-47-26-23-37(56(6,7)8)31-51(47)62-52(28-35)54(44)61)45-33-48-42(32-49(45)60(50)40-24-21-36(22-25-40)55(3,4)5)41-19-15-16-20-46(41)59(48)39-17-13-12-14-18-39/h12-34H,1-11H3. The summed E-state index contributed by atoms with van der Waals surface area (Å²) in [5.74, 6) is 2.16. The Morgan fingerprint density at radius 2 is 1.18 bits per heavy atom. The Morgan fingerprint density at radius 3 is 1.87 bits per heavy atom. The second kappa shape index (κ2) is 13.2. The molecule has 5 heteroatoms. The molecule has 3 aliphatic heterocycles. The van der Waals surface area contributed by atoms with Gasteiger partial charge >= 0.3 is 6.85 Å². The van der Waals surface area contributed by atoms with Crippen LogP contribution in [0.4, 0.5) is 28.4 Å². The lowest BCUT2D eigenvalue weighted by Crippen LogP contribution is -2.62. The smallest absolute Gasteiger partial charge is 0.333 e. The Hall–Kier alpha value is -6.20. The van der Waals surface area contributed by atoms with Crippen LogP contribution < -0.4 is 25.4 Å². The summed E-state index contributed by atoms with van der Waals surface area (Å²) in [4.78, 5) is 5.23. The molecule has 0 fully saturated rings. The molecule has 0 bridgehead atoms. The highest BCUT2D eigenvalue weighted by Crippen LogP contribution is 2.57. The second-order valence-corrected chi connectivity index (χ2v) is 21.3. The van der Waals surface area contributed by atoms with Crippen molar-refractivity contribution in [2.75, 3.05) is 9.71 Å². The van der Waals surface area contributed by atoms with Crippen LogP contribution >= 0.6 is 0 Å². The van der Waals surface area contributed by atoms with Crippen LogP contribution in [0.3, 0.4) is 0 Å². The first-order valence-electron chi connectivity index (χ1n) is 22.5. The van der Waals surface area contributed by atoms with Crippen molar-refractivity contribution in [1.82, 2.24) is 4.57 Å². The van der Waals surface area contributed by atoms with Crippen molar-refractivity contribution in [2.24, 2.45) is 0 Å². The molecule has 8 aromatic rings. The number of aromatic nitrogens is 1. The van der Waals surface area contributed by atoms with E-state index in [9.17, 15) is 0 Å². The monoisotopic (exact) mass is 809 g/mol. The van der Waals surface area contributed by atoms with Crippen LogP contribution in [-0.2, 0) is 16.2 Å². The van der Waals surface area contributed by atoms with Gasteiger partial charge in [0.15, 0.2) is 5.75 Å². The highest BCUT2D eigenvalue weighted by atomic mass is 16.5. The molecule has 0 saturated carbocycles. The van der Waals surface area contributed by atoms with E-state index in [0.717, 1.165) is 34.2 Å². The van der Waals surface area contributed by atoms with Crippen molar-refractivity contribution in [3.8, 4) is 28.3 Å². The SMILES string of the molecule is CC(C)c1cc2c3c(c1)-c1cc(C(C)(C)C)cc4c1B(c1cc5c(cc1N4c1ccc(C(C)(C)C)cc1)c1ccccc1n5-c1ccccc1)N3c1ccc(C(C)(C)C)cc1O2. The average Bonchev–Trinajstić information content (AvgIpc) is 3.55. The molecule has 62 heavy (non-hydrogen) atoms. The van der Waals surface area contributed by atoms with Gasteiger partial charge in [0.1, 0.15) is 5.75 Å². The van der Waals surface area contributed by atoms with Gasteiger partial charge in [0.2, 0.25) is 0 Å². The highest BCUT2D eigenvalue weighted by molar-refractivity contribution is 6.94. The lowest BCUT2D eigenvalue weighted by atomic mass is 9.43. The molecule has 4 nitrogen and oxygen atoms in total. The number of benzene rings is 7.